The molecular formula is C21H24Br2N2O3. The molecule has 5 nitrogen and oxygen atoms in total. The number of nitrogens with one attached hydrogen (secondary N) is 1. The summed E-state index contributed by atoms with van der Waals surface area (Å²) in [5.41, 5.74) is 0.803. The number of amides is 3. The zero-order valence-electron chi connectivity index (χ0n) is 15.5. The zero-order valence-corrected chi connectivity index (χ0v) is 18.7. The number of benzene rings is 1. The normalized spacial score (nSPS) is 33.4. The van der Waals surface area contributed by atoms with Crippen LogP contribution < -0.4 is 5.32 Å². The molecular weight excluding hydrogens is 488 g/mol. The van der Waals surface area contributed by atoms with Crippen molar-refractivity contribution in [1.29, 1.82) is 0 Å². The van der Waals surface area contributed by atoms with Crippen LogP contribution in [-0.2, 0) is 14.4 Å². The van der Waals surface area contributed by atoms with Gasteiger partial charge in [-0.2, -0.15) is 0 Å². The second kappa shape index (κ2) is 8.27. The Balaban J connectivity index is 1.21. The summed E-state index contributed by atoms with van der Waals surface area (Å²) in [6.45, 7) is 0.477. The molecule has 2 saturated carbocycles. The maximum absolute atomic E-state index is 12.8. The number of fused-ring (bicyclic) bond motifs is 5. The van der Waals surface area contributed by atoms with Crippen LogP contribution in [0.2, 0.25) is 0 Å². The van der Waals surface area contributed by atoms with E-state index < -0.39 is 0 Å². The minimum atomic E-state index is -0.132. The number of halogens is 2. The Morgan fingerprint density at radius 2 is 1.57 bits per heavy atom. The molecule has 1 aromatic carbocycles. The highest BCUT2D eigenvalue weighted by Gasteiger charge is 2.66. The lowest BCUT2D eigenvalue weighted by Gasteiger charge is -2.28. The molecule has 3 amide bonds. The number of imide groups is 1. The summed E-state index contributed by atoms with van der Waals surface area (Å²) in [6, 6.07) is 9.41. The average molecular weight is 512 g/mol. The van der Waals surface area contributed by atoms with E-state index in [1.807, 2.05) is 30.3 Å². The van der Waals surface area contributed by atoms with Crippen molar-refractivity contribution in [3.05, 3.63) is 30.3 Å². The fourth-order valence-electron chi connectivity index (χ4n) is 5.11. The van der Waals surface area contributed by atoms with Crippen molar-refractivity contribution in [2.24, 2.45) is 23.7 Å². The Morgan fingerprint density at radius 3 is 2.18 bits per heavy atom. The summed E-state index contributed by atoms with van der Waals surface area (Å²) in [4.78, 5) is 39.7. The minimum Gasteiger partial charge on any atom is -0.326 e. The van der Waals surface area contributed by atoms with Crippen molar-refractivity contribution < 1.29 is 14.4 Å². The Morgan fingerprint density at radius 1 is 0.964 bits per heavy atom. The van der Waals surface area contributed by atoms with Crippen LogP contribution in [0.15, 0.2) is 30.3 Å². The largest absolute Gasteiger partial charge is 0.326 e. The van der Waals surface area contributed by atoms with Crippen LogP contribution in [0.3, 0.4) is 0 Å². The molecule has 0 aromatic heterocycles. The van der Waals surface area contributed by atoms with Gasteiger partial charge in [-0.25, -0.2) is 0 Å². The molecule has 1 aromatic rings. The maximum Gasteiger partial charge on any atom is 0.233 e. The Labute approximate surface area is 181 Å². The molecule has 1 saturated heterocycles. The van der Waals surface area contributed by atoms with Crippen molar-refractivity contribution in [2.45, 2.75) is 41.8 Å². The van der Waals surface area contributed by atoms with Crippen molar-refractivity contribution in [3.63, 3.8) is 0 Å². The van der Waals surface area contributed by atoms with E-state index in [0.29, 0.717) is 13.0 Å². The van der Waals surface area contributed by atoms with Gasteiger partial charge in [0, 0.05) is 28.3 Å². The van der Waals surface area contributed by atoms with Gasteiger partial charge in [0.05, 0.1) is 11.8 Å². The predicted molar refractivity (Wildman–Crippen MR) is 114 cm³/mol. The maximum atomic E-state index is 12.8. The number of anilines is 1. The lowest BCUT2D eigenvalue weighted by Crippen LogP contribution is -2.37. The standard InChI is InChI=1S/C21H24Br2N2O3/c22-18-13-11-14(19(18)23)17-16(13)20(27)25(21(17)28)10-6-2-5-9-15(26)24-12-7-3-1-4-8-12/h1,3-4,7-8,13-14,16-19H,2,5-6,9-11H2,(H,24,26)/t13-,14-,16-,17+,18-,19+/m1/s1. The molecule has 3 aliphatic rings. The summed E-state index contributed by atoms with van der Waals surface area (Å²) in [7, 11) is 0. The summed E-state index contributed by atoms with van der Waals surface area (Å²) < 4.78 is 0. The van der Waals surface area contributed by atoms with Crippen LogP contribution in [0.1, 0.15) is 32.1 Å². The highest BCUT2D eigenvalue weighted by atomic mass is 79.9. The number of para-hydroxylation sites is 1. The van der Waals surface area contributed by atoms with Crippen LogP contribution in [0.25, 0.3) is 0 Å². The van der Waals surface area contributed by atoms with E-state index in [9.17, 15) is 14.4 Å². The molecule has 1 aliphatic heterocycles. The molecule has 150 valence electrons. The van der Waals surface area contributed by atoms with Gasteiger partial charge in [-0.05, 0) is 43.2 Å². The van der Waals surface area contributed by atoms with E-state index in [4.69, 9.17) is 0 Å². The number of likely N-dealkylation sites (tertiary alicyclic amines) is 1. The summed E-state index contributed by atoms with van der Waals surface area (Å²) in [5.74, 6) is 0.309. The Hall–Kier alpha value is -1.21. The van der Waals surface area contributed by atoms with Gasteiger partial charge in [-0.1, -0.05) is 56.5 Å². The van der Waals surface area contributed by atoms with Gasteiger partial charge in [0.2, 0.25) is 17.7 Å². The van der Waals surface area contributed by atoms with E-state index in [1.54, 1.807) is 0 Å². The third-order valence-corrected chi connectivity index (χ3v) is 9.63. The van der Waals surface area contributed by atoms with Gasteiger partial charge < -0.3 is 5.32 Å². The van der Waals surface area contributed by atoms with Crippen molar-refractivity contribution in [2.75, 3.05) is 11.9 Å². The lowest BCUT2D eigenvalue weighted by molar-refractivity contribution is -0.140. The highest BCUT2D eigenvalue weighted by Crippen LogP contribution is 2.60. The van der Waals surface area contributed by atoms with E-state index in [2.05, 4.69) is 37.2 Å². The summed E-state index contributed by atoms with van der Waals surface area (Å²) in [5, 5.41) is 2.87. The lowest BCUT2D eigenvalue weighted by atomic mass is 9.81. The Kier molecular flexibility index (Phi) is 5.93. The molecule has 28 heavy (non-hydrogen) atoms. The number of alkyl halides is 2. The molecule has 1 N–H and O–H groups in total. The summed E-state index contributed by atoms with van der Waals surface area (Å²) in [6.07, 6.45) is 3.73. The quantitative estimate of drug-likeness (QED) is 0.342. The van der Waals surface area contributed by atoms with Crippen LogP contribution in [0.5, 0.6) is 0 Å². The van der Waals surface area contributed by atoms with Crippen LogP contribution >= 0.6 is 31.9 Å². The second-order valence-electron chi connectivity index (χ2n) is 8.06. The second-order valence-corrected chi connectivity index (χ2v) is 10.2. The van der Waals surface area contributed by atoms with Crippen LogP contribution in [-0.4, -0.2) is 38.8 Å². The fraction of sp³-hybridized carbons (Fsp3) is 0.571. The fourth-order valence-corrected chi connectivity index (χ4v) is 6.98. The number of hydrogen-bond acceptors (Lipinski definition) is 3. The molecule has 2 bridgehead atoms. The number of rotatable bonds is 7. The number of carbonyl (C=O) groups is 3. The topological polar surface area (TPSA) is 66.5 Å². The zero-order chi connectivity index (χ0) is 19.8. The van der Waals surface area contributed by atoms with Crippen molar-refractivity contribution in [3.8, 4) is 0 Å². The first-order valence-corrected chi connectivity index (χ1v) is 11.8. The van der Waals surface area contributed by atoms with Crippen molar-refractivity contribution in [1.82, 2.24) is 4.90 Å². The van der Waals surface area contributed by atoms with E-state index >= 15 is 0 Å². The van der Waals surface area contributed by atoms with Gasteiger partial charge >= 0.3 is 0 Å². The number of carbonyl (C=O) groups excluding carboxylic acids is 3. The first-order valence-electron chi connectivity index (χ1n) is 9.97. The number of hydrogen-bond donors (Lipinski definition) is 1. The first-order chi connectivity index (χ1) is 13.5. The molecule has 0 radical (unpaired) electrons. The van der Waals surface area contributed by atoms with Crippen LogP contribution in [0, 0.1) is 23.7 Å². The highest BCUT2D eigenvalue weighted by molar-refractivity contribution is 9.12. The third kappa shape index (κ3) is 3.56. The molecule has 0 unspecified atom stereocenters. The molecule has 2 aliphatic carbocycles. The summed E-state index contributed by atoms with van der Waals surface area (Å²) >= 11 is 7.42. The number of nitrogens with zero attached hydrogens (tertiary/aromatic N) is 1. The predicted octanol–water partition coefficient (Wildman–Crippen LogP) is 3.96. The van der Waals surface area contributed by atoms with Gasteiger partial charge in [0.15, 0.2) is 0 Å². The molecule has 4 rings (SSSR count). The first kappa shape index (κ1) is 20.1. The monoisotopic (exact) mass is 510 g/mol. The molecule has 7 heteroatoms. The van der Waals surface area contributed by atoms with E-state index in [-0.39, 0.29) is 51.0 Å². The van der Waals surface area contributed by atoms with Gasteiger partial charge in [-0.3, -0.25) is 19.3 Å². The molecule has 1 heterocycles. The van der Waals surface area contributed by atoms with Gasteiger partial charge in [0.1, 0.15) is 0 Å². The van der Waals surface area contributed by atoms with Crippen LogP contribution in [0.4, 0.5) is 5.69 Å². The average Bonchev–Trinajstić information content (AvgIpc) is 3.28. The molecule has 0 spiro atoms. The SMILES string of the molecule is O=C(CCCCCN1C(=O)[C@@H]2[C@H]3C[C@@H]([C@H](Br)[C@@H]3Br)[C@@H]2C1=O)Nc1ccccc1. The van der Waals surface area contributed by atoms with E-state index in [0.717, 1.165) is 31.4 Å². The van der Waals surface area contributed by atoms with Crippen molar-refractivity contribution >= 4 is 55.3 Å². The molecule has 3 fully saturated rings. The number of unbranched alkanes of at least 4 members (excludes halogenated alkanes) is 2. The van der Waals surface area contributed by atoms with Gasteiger partial charge in [0.25, 0.3) is 0 Å². The van der Waals surface area contributed by atoms with Gasteiger partial charge in [-0.15, -0.1) is 0 Å². The smallest absolute Gasteiger partial charge is 0.233 e. The third-order valence-electron chi connectivity index (χ3n) is 6.42. The minimum absolute atomic E-state index is 0.00245. The Bertz CT molecular complexity index is 740. The molecule has 6 atom stereocenters. The van der Waals surface area contributed by atoms with E-state index in [1.165, 1.54) is 4.90 Å².